The van der Waals surface area contributed by atoms with Crippen LogP contribution < -0.4 is 30.4 Å². The third-order valence-corrected chi connectivity index (χ3v) is 18.8. The second kappa shape index (κ2) is 15.7. The van der Waals surface area contributed by atoms with E-state index in [1.165, 1.54) is 134 Å². The number of benzene rings is 7. The van der Waals surface area contributed by atoms with E-state index in [1.807, 2.05) is 11.3 Å². The van der Waals surface area contributed by atoms with Gasteiger partial charge >= 0.3 is 0 Å². The van der Waals surface area contributed by atoms with Crippen molar-refractivity contribution in [1.29, 1.82) is 0 Å². The first-order valence-corrected chi connectivity index (χ1v) is 27.8. The summed E-state index contributed by atoms with van der Waals surface area (Å²) in [5.74, 6) is 0. The Balaban J connectivity index is 1.19. The van der Waals surface area contributed by atoms with E-state index in [4.69, 9.17) is 0 Å². The average Bonchev–Trinajstić information content (AvgIpc) is 3.73. The summed E-state index contributed by atoms with van der Waals surface area (Å²) in [6, 6.07) is 53.2. The Bertz CT molecular complexity index is 3570. The second-order valence-corrected chi connectivity index (χ2v) is 28.2. The summed E-state index contributed by atoms with van der Waals surface area (Å²) in [5, 5.41) is 1.33. The van der Waals surface area contributed by atoms with Gasteiger partial charge < -0.3 is 14.7 Å². The number of hydrogen-bond acceptors (Lipinski definition) is 4. The summed E-state index contributed by atoms with van der Waals surface area (Å²) in [5.41, 5.74) is 24.9. The maximum absolute atomic E-state index is 2.65. The van der Waals surface area contributed by atoms with E-state index in [-0.39, 0.29) is 39.2 Å². The molecule has 0 radical (unpaired) electrons. The monoisotopic (exact) mass is 976 g/mol. The summed E-state index contributed by atoms with van der Waals surface area (Å²) >= 11 is 2.00. The SMILES string of the molecule is Cc1cc2c3c(c1)N(c1ccc(C(C)(C)C)cc1)c1c(sc4ccc(C(C)(C)C)cc14)B3c1cc3c(cc1N2c1ccc(C(C)(C)C)cc1)C(C)(C)c1ccccc1N3c1ccc2c(c1)C(C)(C)CCC2(C)C. The molecule has 4 aliphatic rings. The molecule has 7 aromatic carbocycles. The van der Waals surface area contributed by atoms with E-state index in [1.54, 1.807) is 0 Å². The van der Waals surface area contributed by atoms with Crippen molar-refractivity contribution in [3.05, 3.63) is 178 Å². The summed E-state index contributed by atoms with van der Waals surface area (Å²) in [6.45, 7) is 37.9. The molecule has 370 valence electrons. The van der Waals surface area contributed by atoms with Gasteiger partial charge in [-0.25, -0.2) is 0 Å². The number of fused-ring (bicyclic) bond motifs is 9. The highest BCUT2D eigenvalue weighted by Gasteiger charge is 2.48. The first kappa shape index (κ1) is 47.9. The molecule has 0 saturated carbocycles. The highest BCUT2D eigenvalue weighted by atomic mass is 32.1. The van der Waals surface area contributed by atoms with Crippen molar-refractivity contribution in [3.8, 4) is 0 Å². The third kappa shape index (κ3) is 7.32. The highest BCUT2D eigenvalue weighted by Crippen LogP contribution is 2.57. The predicted octanol–water partition coefficient (Wildman–Crippen LogP) is 17.6. The van der Waals surface area contributed by atoms with Gasteiger partial charge in [0.2, 0.25) is 0 Å². The lowest BCUT2D eigenvalue weighted by Gasteiger charge is -2.47. The van der Waals surface area contributed by atoms with E-state index in [2.05, 4.69) is 259 Å². The minimum Gasteiger partial charge on any atom is -0.311 e. The molecule has 73 heavy (non-hydrogen) atoms. The summed E-state index contributed by atoms with van der Waals surface area (Å²) < 4.78 is 2.73. The molecule has 1 aromatic heterocycles. The smallest absolute Gasteiger partial charge is 0.264 e. The van der Waals surface area contributed by atoms with Gasteiger partial charge in [0.15, 0.2) is 0 Å². The van der Waals surface area contributed by atoms with Crippen LogP contribution >= 0.6 is 11.3 Å². The van der Waals surface area contributed by atoms with Crippen LogP contribution in [0.4, 0.5) is 51.2 Å². The highest BCUT2D eigenvalue weighted by molar-refractivity contribution is 7.33. The second-order valence-electron chi connectivity index (χ2n) is 27.1. The van der Waals surface area contributed by atoms with Gasteiger partial charge in [0.25, 0.3) is 6.71 Å². The maximum atomic E-state index is 2.65. The summed E-state index contributed by atoms with van der Waals surface area (Å²) in [4.78, 5) is 7.91. The minimum atomic E-state index is -0.290. The van der Waals surface area contributed by atoms with Crippen molar-refractivity contribution in [2.75, 3.05) is 14.7 Å². The molecule has 12 rings (SSSR count). The number of nitrogens with zero attached hydrogens (tertiary/aromatic N) is 3. The number of rotatable bonds is 3. The largest absolute Gasteiger partial charge is 0.311 e. The molecule has 0 amide bonds. The molecule has 0 atom stereocenters. The molecule has 0 spiro atoms. The number of aryl methyl sites for hydroxylation is 1. The Morgan fingerprint density at radius 1 is 0.452 bits per heavy atom. The number of para-hydroxylation sites is 1. The zero-order valence-electron chi connectivity index (χ0n) is 46.4. The van der Waals surface area contributed by atoms with Crippen LogP contribution in [0.25, 0.3) is 10.1 Å². The van der Waals surface area contributed by atoms with Crippen molar-refractivity contribution >= 4 is 95.0 Å². The van der Waals surface area contributed by atoms with Crippen LogP contribution in [0.15, 0.2) is 133 Å². The first-order valence-electron chi connectivity index (χ1n) is 27.0. The van der Waals surface area contributed by atoms with E-state index < -0.39 is 0 Å². The molecular weight excluding hydrogens is 902 g/mol. The molecule has 8 aromatic rings. The van der Waals surface area contributed by atoms with Crippen molar-refractivity contribution in [3.63, 3.8) is 0 Å². The van der Waals surface area contributed by atoms with Crippen LogP contribution in [0.2, 0.25) is 0 Å². The van der Waals surface area contributed by atoms with Gasteiger partial charge in [-0.3, -0.25) is 0 Å². The Hall–Kier alpha value is -6.04. The molecule has 0 bridgehead atoms. The molecule has 0 N–H and O–H groups in total. The summed E-state index contributed by atoms with van der Waals surface area (Å²) in [6.07, 6.45) is 2.37. The van der Waals surface area contributed by atoms with E-state index >= 15 is 0 Å². The van der Waals surface area contributed by atoms with Gasteiger partial charge in [0, 0.05) is 60.1 Å². The van der Waals surface area contributed by atoms with Crippen LogP contribution in [0.1, 0.15) is 161 Å². The fourth-order valence-corrected chi connectivity index (χ4v) is 14.3. The lowest BCUT2D eigenvalue weighted by molar-refractivity contribution is 0.332. The van der Waals surface area contributed by atoms with Gasteiger partial charge in [0.05, 0.1) is 11.4 Å². The van der Waals surface area contributed by atoms with Crippen LogP contribution in [-0.4, -0.2) is 6.71 Å². The molecule has 3 aliphatic heterocycles. The van der Waals surface area contributed by atoms with E-state index in [0.717, 1.165) is 0 Å². The third-order valence-electron chi connectivity index (χ3n) is 17.6. The molecule has 0 unspecified atom stereocenters. The van der Waals surface area contributed by atoms with Gasteiger partial charge in [0.1, 0.15) is 0 Å². The number of hydrogen-bond donors (Lipinski definition) is 0. The van der Waals surface area contributed by atoms with Crippen LogP contribution in [0.3, 0.4) is 0 Å². The first-order chi connectivity index (χ1) is 34.2. The van der Waals surface area contributed by atoms with Gasteiger partial charge in [-0.15, -0.1) is 11.3 Å². The normalized spacial score (nSPS) is 17.2. The van der Waals surface area contributed by atoms with Crippen LogP contribution in [-0.2, 0) is 32.5 Å². The Kier molecular flexibility index (Phi) is 10.3. The molecule has 1 aliphatic carbocycles. The zero-order valence-corrected chi connectivity index (χ0v) is 47.3. The minimum absolute atomic E-state index is 0.00766. The Morgan fingerprint density at radius 2 is 0.986 bits per heavy atom. The standard InChI is InChI=1S/C68H74BN3S/c1-41-35-57-60-58(36-41)72(46-28-23-43(24-29-46)64(5,6)7)61-48-37-44(65(8,9)10)25-32-59(48)73-62(61)69(60)53-40-55-52(39-56(53)70(57)45-26-21-42(22-27-45)63(2,3)4)68(15,16)50-19-17-18-20-54(50)71(55)47-30-31-49-51(38-47)67(13,14)34-33-66(49,11)12/h17-32,35-40H,33-34H2,1-16H3. The molecule has 5 heteroatoms. The molecular formula is C68H74BN3S. The Morgan fingerprint density at radius 3 is 1.60 bits per heavy atom. The topological polar surface area (TPSA) is 9.72 Å². The maximum Gasteiger partial charge on any atom is 0.264 e. The van der Waals surface area contributed by atoms with E-state index in [9.17, 15) is 0 Å². The quantitative estimate of drug-likeness (QED) is 0.163. The van der Waals surface area contributed by atoms with Gasteiger partial charge in [-0.1, -0.05) is 158 Å². The number of thiophene rings is 1. The lowest BCUT2D eigenvalue weighted by Crippen LogP contribution is -2.60. The van der Waals surface area contributed by atoms with Crippen molar-refractivity contribution in [1.82, 2.24) is 0 Å². The predicted molar refractivity (Wildman–Crippen MR) is 319 cm³/mol. The van der Waals surface area contributed by atoms with Crippen molar-refractivity contribution in [2.45, 2.75) is 156 Å². The van der Waals surface area contributed by atoms with Gasteiger partial charge in [-0.05, 0) is 181 Å². The molecule has 0 saturated heterocycles. The molecule has 4 heterocycles. The Labute approximate surface area is 441 Å². The van der Waals surface area contributed by atoms with E-state index in [0.29, 0.717) is 0 Å². The average molecular weight is 976 g/mol. The zero-order chi connectivity index (χ0) is 51.7. The fourth-order valence-electron chi connectivity index (χ4n) is 13.0. The van der Waals surface area contributed by atoms with Crippen LogP contribution in [0, 0.1) is 6.92 Å². The lowest BCUT2D eigenvalue weighted by atomic mass is 9.36. The number of anilines is 9. The van der Waals surface area contributed by atoms with Crippen molar-refractivity contribution < 1.29 is 0 Å². The molecule has 0 fully saturated rings. The fraction of sp³-hybridized carbons (Fsp3) is 0.353. The van der Waals surface area contributed by atoms with Crippen molar-refractivity contribution in [2.24, 2.45) is 0 Å². The molecule has 3 nitrogen and oxygen atoms in total. The van der Waals surface area contributed by atoms with Crippen LogP contribution in [0.5, 0.6) is 0 Å². The summed E-state index contributed by atoms with van der Waals surface area (Å²) in [7, 11) is 0. The van der Waals surface area contributed by atoms with Gasteiger partial charge in [-0.2, -0.15) is 0 Å².